The van der Waals surface area contributed by atoms with E-state index in [4.69, 9.17) is 9.47 Å². The van der Waals surface area contributed by atoms with Crippen LogP contribution >= 0.6 is 0 Å². The molecule has 1 heterocycles. The van der Waals surface area contributed by atoms with Crippen LogP contribution in [-0.2, 0) is 10.2 Å². The zero-order valence-electron chi connectivity index (χ0n) is 12.5. The topological polar surface area (TPSA) is 21.7 Å². The molecule has 19 heavy (non-hydrogen) atoms. The number of ether oxygens (including phenoxy) is 2. The summed E-state index contributed by atoms with van der Waals surface area (Å²) in [5.74, 6) is 0.934. The molecule has 2 rings (SSSR count). The highest BCUT2D eigenvalue weighted by molar-refractivity contribution is 5.32. The molecule has 1 aromatic carbocycles. The zero-order chi connectivity index (χ0) is 13.9. The smallest absolute Gasteiger partial charge is 0.119 e. The quantitative estimate of drug-likeness (QED) is 0.837. The number of morpholine rings is 1. The summed E-state index contributed by atoms with van der Waals surface area (Å²) in [4.78, 5) is 2.28. The van der Waals surface area contributed by atoms with Gasteiger partial charge in [0.15, 0.2) is 0 Å². The second-order valence-electron chi connectivity index (χ2n) is 6.34. The van der Waals surface area contributed by atoms with E-state index < -0.39 is 0 Å². The van der Waals surface area contributed by atoms with Crippen LogP contribution in [0.4, 0.5) is 0 Å². The minimum atomic E-state index is 0.154. The number of benzene rings is 1. The maximum absolute atomic E-state index is 5.88. The Kier molecular flexibility index (Phi) is 4.48. The van der Waals surface area contributed by atoms with Crippen LogP contribution in [0.1, 0.15) is 26.3 Å². The first kappa shape index (κ1) is 14.4. The average Bonchev–Trinajstić information content (AvgIpc) is 2.36. The summed E-state index contributed by atoms with van der Waals surface area (Å²) >= 11 is 0. The molecule has 1 aromatic rings. The van der Waals surface area contributed by atoms with E-state index in [0.29, 0.717) is 6.61 Å². The van der Waals surface area contributed by atoms with Crippen LogP contribution < -0.4 is 4.74 Å². The van der Waals surface area contributed by atoms with Crippen LogP contribution in [0.15, 0.2) is 24.3 Å². The van der Waals surface area contributed by atoms with E-state index >= 15 is 0 Å². The standard InChI is InChI=1S/C16H25NO2/c1-16(2,3)13-6-5-7-14(10-13)19-12-15-11-17(4)8-9-18-15/h5-7,10,15H,8-9,11-12H2,1-4H3/t15-/m0/s1. The van der Waals surface area contributed by atoms with Crippen LogP contribution in [0.5, 0.6) is 5.75 Å². The minimum Gasteiger partial charge on any atom is -0.491 e. The highest BCUT2D eigenvalue weighted by Crippen LogP contribution is 2.25. The molecular formula is C16H25NO2. The van der Waals surface area contributed by atoms with Gasteiger partial charge in [0.2, 0.25) is 0 Å². The van der Waals surface area contributed by atoms with Gasteiger partial charge in [-0.3, -0.25) is 0 Å². The van der Waals surface area contributed by atoms with Gasteiger partial charge in [0.1, 0.15) is 18.5 Å². The van der Waals surface area contributed by atoms with Gasteiger partial charge in [-0.25, -0.2) is 0 Å². The molecule has 0 aromatic heterocycles. The van der Waals surface area contributed by atoms with Gasteiger partial charge in [-0.05, 0) is 30.2 Å². The zero-order valence-corrected chi connectivity index (χ0v) is 12.5. The van der Waals surface area contributed by atoms with Crippen LogP contribution in [0, 0.1) is 0 Å². The average molecular weight is 263 g/mol. The maximum Gasteiger partial charge on any atom is 0.119 e. The van der Waals surface area contributed by atoms with Crippen LogP contribution in [0.3, 0.4) is 0 Å². The van der Waals surface area contributed by atoms with Gasteiger partial charge in [0.05, 0.1) is 6.61 Å². The largest absolute Gasteiger partial charge is 0.491 e. The van der Waals surface area contributed by atoms with Gasteiger partial charge >= 0.3 is 0 Å². The highest BCUT2D eigenvalue weighted by atomic mass is 16.5. The van der Waals surface area contributed by atoms with E-state index in [9.17, 15) is 0 Å². The Balaban J connectivity index is 1.92. The molecule has 0 radical (unpaired) electrons. The van der Waals surface area contributed by atoms with Gasteiger partial charge in [-0.1, -0.05) is 32.9 Å². The number of hydrogen-bond acceptors (Lipinski definition) is 3. The molecule has 1 fully saturated rings. The highest BCUT2D eigenvalue weighted by Gasteiger charge is 2.19. The SMILES string of the molecule is CN1CCO[C@H](COc2cccc(C(C)(C)C)c2)C1. The van der Waals surface area contributed by atoms with Crippen molar-refractivity contribution in [1.29, 1.82) is 0 Å². The summed E-state index contributed by atoms with van der Waals surface area (Å²) in [5, 5.41) is 0. The molecule has 0 unspecified atom stereocenters. The van der Waals surface area contributed by atoms with E-state index in [1.165, 1.54) is 5.56 Å². The van der Waals surface area contributed by atoms with E-state index in [2.05, 4.69) is 50.9 Å². The van der Waals surface area contributed by atoms with Crippen LogP contribution in [0.2, 0.25) is 0 Å². The third kappa shape index (κ3) is 4.22. The molecular weight excluding hydrogens is 238 g/mol. The molecule has 3 nitrogen and oxygen atoms in total. The molecule has 1 saturated heterocycles. The van der Waals surface area contributed by atoms with Gasteiger partial charge < -0.3 is 14.4 Å². The fraction of sp³-hybridized carbons (Fsp3) is 0.625. The lowest BCUT2D eigenvalue weighted by atomic mass is 9.87. The molecule has 0 N–H and O–H groups in total. The van der Waals surface area contributed by atoms with Crippen molar-refractivity contribution in [2.45, 2.75) is 32.3 Å². The van der Waals surface area contributed by atoms with Crippen molar-refractivity contribution < 1.29 is 9.47 Å². The molecule has 1 aliphatic rings. The second kappa shape index (κ2) is 5.93. The van der Waals surface area contributed by atoms with Crippen molar-refractivity contribution in [2.75, 3.05) is 33.4 Å². The van der Waals surface area contributed by atoms with Gasteiger partial charge in [-0.2, -0.15) is 0 Å². The first-order valence-corrected chi connectivity index (χ1v) is 6.98. The van der Waals surface area contributed by atoms with Crippen molar-refractivity contribution in [3.05, 3.63) is 29.8 Å². The molecule has 106 valence electrons. The summed E-state index contributed by atoms with van der Waals surface area (Å²) in [6.45, 7) is 10.0. The molecule has 0 aliphatic carbocycles. The molecule has 1 aliphatic heterocycles. The number of hydrogen-bond donors (Lipinski definition) is 0. The Morgan fingerprint density at radius 2 is 2.16 bits per heavy atom. The molecule has 0 spiro atoms. The van der Waals surface area contributed by atoms with Crippen molar-refractivity contribution in [3.63, 3.8) is 0 Å². The Morgan fingerprint density at radius 3 is 2.84 bits per heavy atom. The van der Waals surface area contributed by atoms with Crippen molar-refractivity contribution in [3.8, 4) is 5.75 Å². The predicted octanol–water partition coefficient (Wildman–Crippen LogP) is 2.69. The Labute approximate surface area is 116 Å². The summed E-state index contributed by atoms with van der Waals surface area (Å²) in [5.41, 5.74) is 1.45. The number of likely N-dealkylation sites (N-methyl/N-ethyl adjacent to an activating group) is 1. The molecule has 1 atom stereocenters. The summed E-state index contributed by atoms with van der Waals surface area (Å²) in [7, 11) is 2.12. The lowest BCUT2D eigenvalue weighted by molar-refractivity contribution is -0.0403. The lowest BCUT2D eigenvalue weighted by Gasteiger charge is -2.30. The minimum absolute atomic E-state index is 0.154. The molecule has 3 heteroatoms. The third-order valence-electron chi connectivity index (χ3n) is 3.48. The summed E-state index contributed by atoms with van der Waals surface area (Å²) in [6, 6.07) is 8.36. The van der Waals surface area contributed by atoms with Crippen LogP contribution in [0.25, 0.3) is 0 Å². The molecule has 0 saturated carbocycles. The monoisotopic (exact) mass is 263 g/mol. The van der Waals surface area contributed by atoms with E-state index in [1.54, 1.807) is 0 Å². The van der Waals surface area contributed by atoms with E-state index in [-0.39, 0.29) is 11.5 Å². The lowest BCUT2D eigenvalue weighted by Crippen LogP contribution is -2.42. The fourth-order valence-corrected chi connectivity index (χ4v) is 2.21. The summed E-state index contributed by atoms with van der Waals surface area (Å²) < 4.78 is 11.6. The first-order chi connectivity index (χ1) is 8.95. The Morgan fingerprint density at radius 1 is 1.37 bits per heavy atom. The normalized spacial score (nSPS) is 21.4. The van der Waals surface area contributed by atoms with Crippen molar-refractivity contribution in [2.24, 2.45) is 0 Å². The third-order valence-corrected chi connectivity index (χ3v) is 3.48. The van der Waals surface area contributed by atoms with E-state index in [0.717, 1.165) is 25.4 Å². The Bertz CT molecular complexity index is 411. The van der Waals surface area contributed by atoms with E-state index in [1.807, 2.05) is 6.07 Å². The summed E-state index contributed by atoms with van der Waals surface area (Å²) in [6.07, 6.45) is 0.178. The Hall–Kier alpha value is -1.06. The second-order valence-corrected chi connectivity index (χ2v) is 6.34. The number of rotatable bonds is 3. The first-order valence-electron chi connectivity index (χ1n) is 6.98. The van der Waals surface area contributed by atoms with Crippen LogP contribution in [-0.4, -0.2) is 44.4 Å². The predicted molar refractivity (Wildman–Crippen MR) is 77.9 cm³/mol. The molecule has 0 amide bonds. The maximum atomic E-state index is 5.88. The van der Waals surface area contributed by atoms with Crippen molar-refractivity contribution >= 4 is 0 Å². The van der Waals surface area contributed by atoms with Crippen molar-refractivity contribution in [1.82, 2.24) is 4.90 Å². The fourth-order valence-electron chi connectivity index (χ4n) is 2.21. The number of nitrogens with zero attached hydrogens (tertiary/aromatic N) is 1. The molecule has 0 bridgehead atoms. The van der Waals surface area contributed by atoms with Gasteiger partial charge in [0.25, 0.3) is 0 Å². The van der Waals surface area contributed by atoms with Gasteiger partial charge in [0, 0.05) is 13.1 Å². The van der Waals surface area contributed by atoms with Gasteiger partial charge in [-0.15, -0.1) is 0 Å².